The second-order valence-electron chi connectivity index (χ2n) is 17.1. The number of aromatic nitrogens is 1. The van der Waals surface area contributed by atoms with Gasteiger partial charge in [-0.15, -0.1) is 0 Å². The first-order chi connectivity index (χ1) is 32.3. The highest BCUT2D eigenvalue weighted by Crippen LogP contribution is 2.45. The van der Waals surface area contributed by atoms with E-state index in [1.165, 1.54) is 58.8 Å². The summed E-state index contributed by atoms with van der Waals surface area (Å²) in [7, 11) is -3.12. The minimum atomic E-state index is -3.12. The van der Waals surface area contributed by atoms with E-state index in [1.54, 1.807) is 0 Å². The van der Waals surface area contributed by atoms with Crippen LogP contribution in [0.4, 0.5) is 0 Å². The molecule has 0 bridgehead atoms. The van der Waals surface area contributed by atoms with Crippen molar-refractivity contribution in [2.75, 3.05) is 0 Å². The smallest absolute Gasteiger partial charge is 0.180 e. The normalized spacial score (nSPS) is 12.0. The maximum Gasteiger partial charge on any atom is 0.180 e. The molecule has 0 aliphatic heterocycles. The second-order valence-corrected chi connectivity index (χ2v) is 20.9. The standard InChI is InChI=1S/C62H41NOSi/c1-5-20-43(21-6-1)53-40-49(65(47-28-9-3-10-29-47,48-30-11-4-12-31-48)59-35-19-27-42-24-15-16-32-50(42)59)41-54(44-22-7-2-8-23-44)61(53)63-56-37-36-52-51-33-17-18-34-58(51)64-62(52)60(56)55-38-45-25-13-14-26-46(45)39-57(55)63/h1-41H. The van der Waals surface area contributed by atoms with E-state index in [9.17, 15) is 0 Å². The van der Waals surface area contributed by atoms with Gasteiger partial charge in [-0.25, -0.2) is 0 Å². The van der Waals surface area contributed by atoms with Gasteiger partial charge in [-0.3, -0.25) is 0 Å². The van der Waals surface area contributed by atoms with E-state index in [1.807, 2.05) is 0 Å². The molecule has 0 fully saturated rings. The SMILES string of the molecule is c1ccc(-c2cc([Si](c3ccccc3)(c3ccccc3)c3cccc4ccccc34)cc(-c3ccccc3)c2-n2c3cc4ccccc4cc3c3c4oc5ccccc5c4ccc32)cc1. The first kappa shape index (κ1) is 37.3. The van der Waals surface area contributed by atoms with Gasteiger partial charge in [-0.05, 0) is 83.8 Å². The number of fused-ring (bicyclic) bond motifs is 9. The Balaban J connectivity index is 1.25. The number of hydrogen-bond donors (Lipinski definition) is 0. The highest BCUT2D eigenvalue weighted by Gasteiger charge is 2.43. The summed E-state index contributed by atoms with van der Waals surface area (Å²) in [5.74, 6) is 0. The number of nitrogens with zero attached hydrogens (tertiary/aromatic N) is 1. The number of rotatable bonds is 7. The van der Waals surface area contributed by atoms with E-state index < -0.39 is 8.07 Å². The van der Waals surface area contributed by atoms with Gasteiger partial charge in [-0.2, -0.15) is 0 Å². The molecule has 0 aliphatic carbocycles. The van der Waals surface area contributed by atoms with Gasteiger partial charge in [-0.1, -0.05) is 218 Å². The van der Waals surface area contributed by atoms with Crippen LogP contribution in [0.2, 0.25) is 0 Å². The summed E-state index contributed by atoms with van der Waals surface area (Å²) in [6.07, 6.45) is 0. The summed E-state index contributed by atoms with van der Waals surface area (Å²) in [5.41, 5.74) is 9.84. The van der Waals surface area contributed by atoms with Gasteiger partial charge in [0.15, 0.2) is 8.07 Å². The molecule has 13 rings (SSSR count). The fraction of sp³-hybridized carbons (Fsp3) is 0. The second kappa shape index (κ2) is 14.9. The fourth-order valence-electron chi connectivity index (χ4n) is 10.9. The summed E-state index contributed by atoms with van der Waals surface area (Å²) in [6.45, 7) is 0. The van der Waals surface area contributed by atoms with Crippen LogP contribution in [0.5, 0.6) is 0 Å². The molecule has 65 heavy (non-hydrogen) atoms. The van der Waals surface area contributed by atoms with Crippen LogP contribution in [-0.4, -0.2) is 12.6 Å². The van der Waals surface area contributed by atoms with Crippen LogP contribution in [0, 0.1) is 0 Å². The molecule has 304 valence electrons. The summed E-state index contributed by atoms with van der Waals surface area (Å²) in [5, 5.41) is 14.8. The first-order valence-electron chi connectivity index (χ1n) is 22.4. The van der Waals surface area contributed by atoms with Crippen molar-refractivity contribution in [2.45, 2.75) is 0 Å². The summed E-state index contributed by atoms with van der Waals surface area (Å²) in [6, 6.07) is 92.2. The van der Waals surface area contributed by atoms with E-state index in [0.717, 1.165) is 55.2 Å². The maximum atomic E-state index is 6.90. The third-order valence-corrected chi connectivity index (χ3v) is 18.5. The third-order valence-electron chi connectivity index (χ3n) is 13.7. The number of para-hydroxylation sites is 1. The molecule has 11 aromatic carbocycles. The summed E-state index contributed by atoms with van der Waals surface area (Å²) >= 11 is 0. The van der Waals surface area contributed by atoms with Gasteiger partial charge in [0.1, 0.15) is 11.2 Å². The van der Waals surface area contributed by atoms with Crippen molar-refractivity contribution >= 4 is 94.1 Å². The van der Waals surface area contributed by atoms with E-state index in [0.29, 0.717) is 0 Å². The lowest BCUT2D eigenvalue weighted by atomic mass is 9.95. The largest absolute Gasteiger partial charge is 0.455 e. The third kappa shape index (κ3) is 5.73. The quantitative estimate of drug-likeness (QED) is 0.115. The molecule has 2 heterocycles. The van der Waals surface area contributed by atoms with Crippen LogP contribution < -0.4 is 20.7 Å². The van der Waals surface area contributed by atoms with E-state index in [-0.39, 0.29) is 0 Å². The van der Waals surface area contributed by atoms with Crippen LogP contribution in [0.3, 0.4) is 0 Å². The molecule has 0 amide bonds. The number of benzene rings is 11. The molecule has 0 aliphatic rings. The van der Waals surface area contributed by atoms with Crippen molar-refractivity contribution < 1.29 is 4.42 Å². The molecule has 0 saturated heterocycles. The van der Waals surface area contributed by atoms with Crippen molar-refractivity contribution in [2.24, 2.45) is 0 Å². The van der Waals surface area contributed by atoms with Crippen molar-refractivity contribution in [3.63, 3.8) is 0 Å². The van der Waals surface area contributed by atoms with Gasteiger partial charge in [0.2, 0.25) is 0 Å². The monoisotopic (exact) mass is 843 g/mol. The Morgan fingerprint density at radius 1 is 0.338 bits per heavy atom. The topological polar surface area (TPSA) is 18.1 Å². The number of hydrogen-bond acceptors (Lipinski definition) is 1. The Kier molecular flexibility index (Phi) is 8.58. The lowest BCUT2D eigenvalue weighted by Gasteiger charge is -2.36. The van der Waals surface area contributed by atoms with Gasteiger partial charge in [0.25, 0.3) is 0 Å². The van der Waals surface area contributed by atoms with Crippen LogP contribution in [-0.2, 0) is 0 Å². The first-order valence-corrected chi connectivity index (χ1v) is 24.4. The van der Waals surface area contributed by atoms with Gasteiger partial charge in [0, 0.05) is 27.3 Å². The molecule has 2 aromatic heterocycles. The molecule has 2 nitrogen and oxygen atoms in total. The Morgan fingerprint density at radius 2 is 0.862 bits per heavy atom. The number of furan rings is 1. The van der Waals surface area contributed by atoms with Gasteiger partial charge < -0.3 is 8.98 Å². The Labute approximate surface area is 377 Å². The molecule has 13 aromatic rings. The van der Waals surface area contributed by atoms with Crippen LogP contribution >= 0.6 is 0 Å². The summed E-state index contributed by atoms with van der Waals surface area (Å²) < 4.78 is 9.45. The van der Waals surface area contributed by atoms with Crippen molar-refractivity contribution in [3.05, 3.63) is 249 Å². The molecule has 0 radical (unpaired) electrons. The minimum Gasteiger partial charge on any atom is -0.455 e. The van der Waals surface area contributed by atoms with Crippen molar-refractivity contribution in [1.29, 1.82) is 0 Å². The zero-order chi connectivity index (χ0) is 42.9. The van der Waals surface area contributed by atoms with Crippen molar-refractivity contribution in [3.8, 4) is 27.9 Å². The summed E-state index contributed by atoms with van der Waals surface area (Å²) in [4.78, 5) is 0. The Hall–Kier alpha value is -8.24. The predicted molar refractivity (Wildman–Crippen MR) is 278 cm³/mol. The van der Waals surface area contributed by atoms with Crippen LogP contribution in [0.25, 0.3) is 93.2 Å². The van der Waals surface area contributed by atoms with Crippen molar-refractivity contribution in [1.82, 2.24) is 4.57 Å². The fourth-order valence-corrected chi connectivity index (χ4v) is 15.9. The Bertz CT molecular complexity index is 3820. The zero-order valence-corrected chi connectivity index (χ0v) is 36.5. The molecular weight excluding hydrogens is 803 g/mol. The molecule has 0 saturated carbocycles. The average molecular weight is 844 g/mol. The van der Waals surface area contributed by atoms with Gasteiger partial charge >= 0.3 is 0 Å². The average Bonchev–Trinajstić information content (AvgIpc) is 3.92. The molecule has 0 N–H and O–H groups in total. The van der Waals surface area contributed by atoms with E-state index in [4.69, 9.17) is 4.42 Å². The molecule has 3 heteroatoms. The van der Waals surface area contributed by atoms with Crippen LogP contribution in [0.1, 0.15) is 0 Å². The van der Waals surface area contributed by atoms with Crippen LogP contribution in [0.15, 0.2) is 253 Å². The lowest BCUT2D eigenvalue weighted by Crippen LogP contribution is -2.75. The predicted octanol–water partition coefficient (Wildman–Crippen LogP) is 13.7. The molecule has 0 unspecified atom stereocenters. The van der Waals surface area contributed by atoms with Gasteiger partial charge in [0.05, 0.1) is 22.1 Å². The zero-order valence-electron chi connectivity index (χ0n) is 35.5. The van der Waals surface area contributed by atoms with E-state index in [2.05, 4.69) is 253 Å². The highest BCUT2D eigenvalue weighted by atomic mass is 28.3. The highest BCUT2D eigenvalue weighted by molar-refractivity contribution is 7.20. The Morgan fingerprint density at radius 3 is 1.51 bits per heavy atom. The molecule has 0 spiro atoms. The molecule has 0 atom stereocenters. The maximum absolute atomic E-state index is 6.90. The molecular formula is C62H41NOSi. The van der Waals surface area contributed by atoms with E-state index >= 15 is 0 Å². The minimum absolute atomic E-state index is 0.896. The lowest BCUT2D eigenvalue weighted by molar-refractivity contribution is 0.673.